The van der Waals surface area contributed by atoms with E-state index in [0.717, 1.165) is 19.3 Å². The van der Waals surface area contributed by atoms with Crippen molar-refractivity contribution in [2.75, 3.05) is 0 Å². The van der Waals surface area contributed by atoms with Gasteiger partial charge in [0.2, 0.25) is 0 Å². The molecule has 0 heterocycles. The van der Waals surface area contributed by atoms with Crippen molar-refractivity contribution in [3.05, 3.63) is 102 Å². The highest BCUT2D eigenvalue weighted by molar-refractivity contribution is 5.88. The summed E-state index contributed by atoms with van der Waals surface area (Å²) >= 11 is 0. The summed E-state index contributed by atoms with van der Waals surface area (Å²) in [5, 5.41) is 0. The van der Waals surface area contributed by atoms with Crippen molar-refractivity contribution >= 4 is 5.57 Å². The maximum Gasteiger partial charge on any atom is 0.0258 e. The number of benzene rings is 1. The summed E-state index contributed by atoms with van der Waals surface area (Å²) in [4.78, 5) is 0. The molecule has 1 spiro atoms. The standard InChI is InChI=1S/C25H28.CH4/c1-5-11-23-21(6-2)22-13-7-8-14-24(22)25(23)17-10-9-12-19(3)15-16-20(4)18-25;/h5-9,11-16,19H,2,4,10,17-18H2,1,3H3;1H4/b11-5-,12-9-,16-15-;. The molecule has 2 atom stereocenters. The highest BCUT2D eigenvalue weighted by Gasteiger charge is 2.42. The fourth-order valence-corrected chi connectivity index (χ4v) is 4.31. The van der Waals surface area contributed by atoms with Gasteiger partial charge in [0, 0.05) is 5.41 Å². The molecule has 0 radical (unpaired) electrons. The molecule has 2 aliphatic rings. The van der Waals surface area contributed by atoms with E-state index in [1.165, 1.54) is 27.8 Å². The third kappa shape index (κ3) is 3.46. The van der Waals surface area contributed by atoms with Crippen molar-refractivity contribution in [2.45, 2.75) is 46.0 Å². The zero-order valence-electron chi connectivity index (χ0n) is 15.5. The summed E-state index contributed by atoms with van der Waals surface area (Å²) in [6.07, 6.45) is 18.7. The summed E-state index contributed by atoms with van der Waals surface area (Å²) in [6.45, 7) is 12.8. The molecule has 1 aromatic carbocycles. The maximum absolute atomic E-state index is 4.38. The second kappa shape index (κ2) is 8.36. The van der Waals surface area contributed by atoms with Crippen LogP contribution in [-0.2, 0) is 5.41 Å². The van der Waals surface area contributed by atoms with Crippen molar-refractivity contribution in [1.82, 2.24) is 0 Å². The molecule has 3 rings (SSSR count). The summed E-state index contributed by atoms with van der Waals surface area (Å²) in [5.41, 5.74) is 6.61. The minimum atomic E-state index is -0.0149. The molecule has 0 fully saturated rings. The Morgan fingerprint density at radius 3 is 2.69 bits per heavy atom. The molecule has 2 aliphatic carbocycles. The van der Waals surface area contributed by atoms with Gasteiger partial charge in [0.05, 0.1) is 0 Å². The summed E-state index contributed by atoms with van der Waals surface area (Å²) in [7, 11) is 0. The van der Waals surface area contributed by atoms with Gasteiger partial charge in [-0.05, 0) is 54.4 Å². The zero-order valence-corrected chi connectivity index (χ0v) is 15.5. The van der Waals surface area contributed by atoms with E-state index in [1.54, 1.807) is 0 Å². The number of hydrogen-bond acceptors (Lipinski definition) is 0. The number of rotatable bonds is 2. The van der Waals surface area contributed by atoms with Crippen LogP contribution < -0.4 is 0 Å². The Morgan fingerprint density at radius 2 is 1.96 bits per heavy atom. The topological polar surface area (TPSA) is 0 Å². The van der Waals surface area contributed by atoms with Crippen LogP contribution in [0, 0.1) is 5.92 Å². The predicted molar refractivity (Wildman–Crippen MR) is 117 cm³/mol. The van der Waals surface area contributed by atoms with E-state index in [1.807, 2.05) is 6.08 Å². The molecular formula is C26H32. The van der Waals surface area contributed by atoms with Crippen LogP contribution >= 0.6 is 0 Å². The average molecular weight is 345 g/mol. The lowest BCUT2D eigenvalue weighted by molar-refractivity contribution is 0.481. The molecular weight excluding hydrogens is 312 g/mol. The van der Waals surface area contributed by atoms with Crippen molar-refractivity contribution < 1.29 is 0 Å². The van der Waals surface area contributed by atoms with E-state index >= 15 is 0 Å². The molecule has 0 saturated heterocycles. The fourth-order valence-electron chi connectivity index (χ4n) is 4.31. The van der Waals surface area contributed by atoms with Gasteiger partial charge in [0.25, 0.3) is 0 Å². The van der Waals surface area contributed by atoms with Crippen molar-refractivity contribution in [2.24, 2.45) is 5.92 Å². The number of fused-ring (bicyclic) bond motifs is 2. The highest BCUT2D eigenvalue weighted by atomic mass is 14.4. The number of allylic oxidation sites excluding steroid dienone is 10. The van der Waals surface area contributed by atoms with Gasteiger partial charge in [-0.25, -0.2) is 0 Å². The average Bonchev–Trinajstić information content (AvgIpc) is 2.87. The summed E-state index contributed by atoms with van der Waals surface area (Å²) in [5.74, 6) is 0.468. The van der Waals surface area contributed by atoms with E-state index in [2.05, 4.69) is 87.7 Å². The molecule has 0 nitrogen and oxygen atoms in total. The molecule has 0 saturated carbocycles. The van der Waals surface area contributed by atoms with E-state index in [0.29, 0.717) is 5.92 Å². The first-order chi connectivity index (χ1) is 12.1. The number of hydrogen-bond donors (Lipinski definition) is 0. The molecule has 0 bridgehead atoms. The zero-order chi connectivity index (χ0) is 17.9. The van der Waals surface area contributed by atoms with Crippen LogP contribution in [0.1, 0.15) is 51.7 Å². The molecule has 0 N–H and O–H groups in total. The lowest BCUT2D eigenvalue weighted by Gasteiger charge is -2.34. The Morgan fingerprint density at radius 1 is 1.19 bits per heavy atom. The molecule has 0 aliphatic heterocycles. The van der Waals surface area contributed by atoms with E-state index < -0.39 is 0 Å². The normalized spacial score (nSPS) is 27.9. The third-order valence-corrected chi connectivity index (χ3v) is 5.42. The quantitative estimate of drug-likeness (QED) is 0.485. The largest absolute Gasteiger partial charge is 0.0984 e. The van der Waals surface area contributed by atoms with Gasteiger partial charge >= 0.3 is 0 Å². The van der Waals surface area contributed by atoms with Crippen molar-refractivity contribution in [3.8, 4) is 0 Å². The minimum Gasteiger partial charge on any atom is -0.0984 e. The van der Waals surface area contributed by atoms with Crippen LogP contribution in [0.3, 0.4) is 0 Å². The molecule has 26 heavy (non-hydrogen) atoms. The van der Waals surface area contributed by atoms with Gasteiger partial charge in [-0.15, -0.1) is 0 Å². The molecule has 0 heteroatoms. The van der Waals surface area contributed by atoms with Gasteiger partial charge in [0.1, 0.15) is 0 Å². The monoisotopic (exact) mass is 344 g/mol. The van der Waals surface area contributed by atoms with E-state index in [9.17, 15) is 0 Å². The minimum absolute atomic E-state index is 0. The second-order valence-corrected chi connectivity index (χ2v) is 7.18. The molecule has 136 valence electrons. The molecule has 1 aromatic rings. The first kappa shape index (κ1) is 20.0. The van der Waals surface area contributed by atoms with Gasteiger partial charge in [-0.3, -0.25) is 0 Å². The maximum atomic E-state index is 4.38. The van der Waals surface area contributed by atoms with Crippen LogP contribution in [0.2, 0.25) is 0 Å². The highest BCUT2D eigenvalue weighted by Crippen LogP contribution is 2.53. The summed E-state index contributed by atoms with van der Waals surface area (Å²) < 4.78 is 0. The Hall–Kier alpha value is -2.34. The van der Waals surface area contributed by atoms with Crippen LogP contribution in [0.4, 0.5) is 0 Å². The Bertz CT molecular complexity index is 797. The first-order valence-corrected chi connectivity index (χ1v) is 9.25. The molecule has 0 aromatic heterocycles. The first-order valence-electron chi connectivity index (χ1n) is 9.25. The second-order valence-electron chi connectivity index (χ2n) is 7.18. The predicted octanol–water partition coefficient (Wildman–Crippen LogP) is 7.58. The van der Waals surface area contributed by atoms with Crippen LogP contribution in [0.25, 0.3) is 5.57 Å². The fraction of sp³-hybridized carbons (Fsp3) is 0.308. The van der Waals surface area contributed by atoms with E-state index in [4.69, 9.17) is 0 Å². The van der Waals surface area contributed by atoms with Crippen molar-refractivity contribution in [1.29, 1.82) is 0 Å². The summed E-state index contributed by atoms with van der Waals surface area (Å²) in [6, 6.07) is 8.82. The Labute approximate surface area is 160 Å². The molecule has 0 amide bonds. The van der Waals surface area contributed by atoms with Gasteiger partial charge < -0.3 is 0 Å². The van der Waals surface area contributed by atoms with Crippen LogP contribution in [-0.4, -0.2) is 0 Å². The third-order valence-electron chi connectivity index (χ3n) is 5.42. The van der Waals surface area contributed by atoms with E-state index in [-0.39, 0.29) is 12.8 Å². The van der Waals surface area contributed by atoms with Gasteiger partial charge in [-0.1, -0.05) is 99.9 Å². The molecule has 2 unspecified atom stereocenters. The van der Waals surface area contributed by atoms with Crippen LogP contribution in [0.15, 0.2) is 91.1 Å². The smallest absolute Gasteiger partial charge is 0.0258 e. The lowest BCUT2D eigenvalue weighted by Crippen LogP contribution is -2.26. The van der Waals surface area contributed by atoms with Gasteiger partial charge in [0.15, 0.2) is 0 Å². The van der Waals surface area contributed by atoms with Crippen LogP contribution in [0.5, 0.6) is 0 Å². The lowest BCUT2D eigenvalue weighted by atomic mass is 9.69. The van der Waals surface area contributed by atoms with Gasteiger partial charge in [-0.2, -0.15) is 0 Å². The SMILES string of the molecule is C.C=CC1=C(/C=C\C)C2(CC/C=C\C(C)/C=C\C(=C)C2)c2ccccc21. The Balaban J connectivity index is 0.00000243. The van der Waals surface area contributed by atoms with Crippen molar-refractivity contribution in [3.63, 3.8) is 0 Å². The Kier molecular flexibility index (Phi) is 6.42.